The summed E-state index contributed by atoms with van der Waals surface area (Å²) in [6.45, 7) is 6.85. The van der Waals surface area contributed by atoms with E-state index in [-0.39, 0.29) is 18.3 Å². The molecule has 1 aromatic carbocycles. The zero-order chi connectivity index (χ0) is 15.2. The zero-order valence-electron chi connectivity index (χ0n) is 13.4. The van der Waals surface area contributed by atoms with E-state index in [0.29, 0.717) is 13.1 Å². The number of amides is 1. The van der Waals surface area contributed by atoms with E-state index < -0.39 is 5.41 Å². The molecule has 0 unspecified atom stereocenters. The van der Waals surface area contributed by atoms with Crippen LogP contribution >= 0.6 is 12.4 Å². The predicted molar refractivity (Wildman–Crippen MR) is 88.9 cm³/mol. The fourth-order valence-corrected chi connectivity index (χ4v) is 2.31. The maximum atomic E-state index is 12.4. The van der Waals surface area contributed by atoms with Gasteiger partial charge in [0.05, 0.1) is 12.5 Å². The van der Waals surface area contributed by atoms with Gasteiger partial charge in [0.25, 0.3) is 0 Å². The van der Waals surface area contributed by atoms with E-state index >= 15 is 0 Å². The third-order valence-electron chi connectivity index (χ3n) is 4.11. The molecule has 5 heteroatoms. The smallest absolute Gasteiger partial charge is 0.227 e. The van der Waals surface area contributed by atoms with Gasteiger partial charge in [-0.3, -0.25) is 4.79 Å². The molecule has 21 heavy (non-hydrogen) atoms. The summed E-state index contributed by atoms with van der Waals surface area (Å²) >= 11 is 0. The topological polar surface area (TPSA) is 64.4 Å². The molecular weight excluding hydrogens is 288 g/mol. The highest BCUT2D eigenvalue weighted by molar-refractivity contribution is 5.85. The molecule has 0 aliphatic carbocycles. The van der Waals surface area contributed by atoms with Crippen molar-refractivity contribution in [1.29, 1.82) is 0 Å². The highest BCUT2D eigenvalue weighted by Crippen LogP contribution is 2.26. The number of hydrogen-bond donors (Lipinski definition) is 2. The number of carbonyl (C=O) groups excluding carboxylic acids is 1. The Labute approximate surface area is 133 Å². The van der Waals surface area contributed by atoms with Gasteiger partial charge in [0, 0.05) is 18.7 Å². The van der Waals surface area contributed by atoms with Crippen LogP contribution in [0.25, 0.3) is 0 Å². The number of benzene rings is 1. The molecule has 0 saturated heterocycles. The van der Waals surface area contributed by atoms with Crippen molar-refractivity contribution in [2.75, 3.05) is 13.7 Å². The molecule has 0 fully saturated rings. The Morgan fingerprint density at radius 1 is 1.33 bits per heavy atom. The molecule has 0 aliphatic heterocycles. The van der Waals surface area contributed by atoms with Crippen LogP contribution in [-0.4, -0.2) is 19.6 Å². The Morgan fingerprint density at radius 3 is 2.43 bits per heavy atom. The quantitative estimate of drug-likeness (QED) is 0.813. The largest absolute Gasteiger partial charge is 0.496 e. The zero-order valence-corrected chi connectivity index (χ0v) is 14.2. The number of halogens is 1. The van der Waals surface area contributed by atoms with E-state index in [1.165, 1.54) is 0 Å². The van der Waals surface area contributed by atoms with Crippen LogP contribution in [0.2, 0.25) is 0 Å². The van der Waals surface area contributed by atoms with Crippen LogP contribution < -0.4 is 15.8 Å². The second-order valence-corrected chi connectivity index (χ2v) is 5.19. The van der Waals surface area contributed by atoms with Gasteiger partial charge in [0.1, 0.15) is 5.75 Å². The van der Waals surface area contributed by atoms with Crippen LogP contribution in [0, 0.1) is 12.3 Å². The highest BCUT2D eigenvalue weighted by atomic mass is 35.5. The van der Waals surface area contributed by atoms with E-state index in [1.807, 2.05) is 39.0 Å². The molecule has 0 bridgehead atoms. The summed E-state index contributed by atoms with van der Waals surface area (Å²) in [6.07, 6.45) is 1.49. The Balaban J connectivity index is 0.00000400. The van der Waals surface area contributed by atoms with E-state index in [1.54, 1.807) is 7.11 Å². The molecule has 0 radical (unpaired) electrons. The van der Waals surface area contributed by atoms with Gasteiger partial charge in [-0.05, 0) is 31.4 Å². The van der Waals surface area contributed by atoms with Crippen LogP contribution in [0.1, 0.15) is 37.8 Å². The average molecular weight is 315 g/mol. The molecule has 1 rings (SSSR count). The van der Waals surface area contributed by atoms with Gasteiger partial charge in [0.15, 0.2) is 0 Å². The third kappa shape index (κ3) is 4.61. The van der Waals surface area contributed by atoms with Gasteiger partial charge in [0.2, 0.25) is 5.91 Å². The minimum Gasteiger partial charge on any atom is -0.496 e. The van der Waals surface area contributed by atoms with Crippen molar-refractivity contribution in [2.45, 2.75) is 40.2 Å². The second kappa shape index (κ2) is 8.90. The molecule has 1 aromatic rings. The van der Waals surface area contributed by atoms with Gasteiger partial charge >= 0.3 is 0 Å². The summed E-state index contributed by atoms with van der Waals surface area (Å²) in [6, 6.07) is 5.97. The summed E-state index contributed by atoms with van der Waals surface area (Å²) in [5.41, 5.74) is 7.44. The van der Waals surface area contributed by atoms with Gasteiger partial charge in [-0.1, -0.05) is 26.0 Å². The first kappa shape index (κ1) is 19.7. The molecule has 0 atom stereocenters. The molecule has 0 heterocycles. The summed E-state index contributed by atoms with van der Waals surface area (Å²) < 4.78 is 5.35. The van der Waals surface area contributed by atoms with Gasteiger partial charge in [-0.2, -0.15) is 0 Å². The van der Waals surface area contributed by atoms with Crippen LogP contribution in [0.5, 0.6) is 5.75 Å². The standard InChI is InChI=1S/C16H26N2O2.ClH/c1-5-16(6-2,11-17)15(19)18-10-13-8-7-12(3)9-14(13)20-4;/h7-9H,5-6,10-11,17H2,1-4H3,(H,18,19);1H. The number of nitrogens with two attached hydrogens (primary N) is 1. The molecule has 0 spiro atoms. The molecule has 3 N–H and O–H groups in total. The predicted octanol–water partition coefficient (Wildman–Crippen LogP) is 2.81. The summed E-state index contributed by atoms with van der Waals surface area (Å²) in [5.74, 6) is 0.823. The molecule has 0 aromatic heterocycles. The maximum absolute atomic E-state index is 12.4. The first-order valence-electron chi connectivity index (χ1n) is 7.14. The van der Waals surface area contributed by atoms with Crippen molar-refractivity contribution in [3.8, 4) is 5.75 Å². The Morgan fingerprint density at radius 2 is 1.95 bits per heavy atom. The number of methoxy groups -OCH3 is 1. The normalized spacial score (nSPS) is 10.7. The monoisotopic (exact) mass is 314 g/mol. The minimum atomic E-state index is -0.460. The molecule has 120 valence electrons. The van der Waals surface area contributed by atoms with Gasteiger partial charge in [-0.15, -0.1) is 12.4 Å². The molecule has 0 aliphatic rings. The van der Waals surface area contributed by atoms with Crippen molar-refractivity contribution >= 4 is 18.3 Å². The Hall–Kier alpha value is -1.26. The first-order chi connectivity index (χ1) is 9.52. The number of carbonyl (C=O) groups is 1. The Bertz CT molecular complexity index is 451. The first-order valence-corrected chi connectivity index (χ1v) is 7.14. The molecular formula is C16H27ClN2O2. The van der Waals surface area contributed by atoms with Crippen LogP contribution in [-0.2, 0) is 11.3 Å². The molecule has 0 saturated carbocycles. The fourth-order valence-electron chi connectivity index (χ4n) is 2.31. The van der Waals surface area contributed by atoms with E-state index in [4.69, 9.17) is 10.5 Å². The molecule has 1 amide bonds. The number of ether oxygens (including phenoxy) is 1. The van der Waals surface area contributed by atoms with Crippen molar-refractivity contribution in [2.24, 2.45) is 11.1 Å². The lowest BCUT2D eigenvalue weighted by Crippen LogP contribution is -2.45. The van der Waals surface area contributed by atoms with Crippen LogP contribution in [0.3, 0.4) is 0 Å². The number of hydrogen-bond acceptors (Lipinski definition) is 3. The number of nitrogens with one attached hydrogen (secondary N) is 1. The number of rotatable bonds is 7. The SMILES string of the molecule is CCC(CC)(CN)C(=O)NCc1ccc(C)cc1OC.Cl. The summed E-state index contributed by atoms with van der Waals surface area (Å²) in [7, 11) is 1.64. The van der Waals surface area contributed by atoms with E-state index in [2.05, 4.69) is 5.32 Å². The van der Waals surface area contributed by atoms with Gasteiger partial charge < -0.3 is 15.8 Å². The van der Waals surface area contributed by atoms with Crippen molar-refractivity contribution in [3.05, 3.63) is 29.3 Å². The van der Waals surface area contributed by atoms with Gasteiger partial charge in [-0.25, -0.2) is 0 Å². The lowest BCUT2D eigenvalue weighted by Gasteiger charge is -2.28. The minimum absolute atomic E-state index is 0. The number of aryl methyl sites for hydroxylation is 1. The Kier molecular flexibility index (Phi) is 8.37. The lowest BCUT2D eigenvalue weighted by atomic mass is 9.81. The molecule has 4 nitrogen and oxygen atoms in total. The van der Waals surface area contributed by atoms with Crippen LogP contribution in [0.4, 0.5) is 0 Å². The van der Waals surface area contributed by atoms with Crippen molar-refractivity contribution in [1.82, 2.24) is 5.32 Å². The second-order valence-electron chi connectivity index (χ2n) is 5.19. The summed E-state index contributed by atoms with van der Waals surface area (Å²) in [4.78, 5) is 12.4. The maximum Gasteiger partial charge on any atom is 0.227 e. The lowest BCUT2D eigenvalue weighted by molar-refractivity contribution is -0.131. The highest BCUT2D eigenvalue weighted by Gasteiger charge is 2.33. The average Bonchev–Trinajstić information content (AvgIpc) is 2.48. The van der Waals surface area contributed by atoms with Crippen LogP contribution in [0.15, 0.2) is 18.2 Å². The van der Waals surface area contributed by atoms with Crippen molar-refractivity contribution < 1.29 is 9.53 Å². The van der Waals surface area contributed by atoms with E-state index in [0.717, 1.165) is 29.7 Å². The summed E-state index contributed by atoms with van der Waals surface area (Å²) in [5, 5.41) is 2.99. The fraction of sp³-hybridized carbons (Fsp3) is 0.562. The van der Waals surface area contributed by atoms with E-state index in [9.17, 15) is 4.79 Å². The van der Waals surface area contributed by atoms with Crippen molar-refractivity contribution in [3.63, 3.8) is 0 Å². The third-order valence-corrected chi connectivity index (χ3v) is 4.11.